The molecule has 164 valence electrons. The van der Waals surface area contributed by atoms with Gasteiger partial charge in [0, 0.05) is 19.3 Å². The third-order valence-electron chi connectivity index (χ3n) is 6.16. The zero-order valence-corrected chi connectivity index (χ0v) is 19.7. The summed E-state index contributed by atoms with van der Waals surface area (Å²) < 4.78 is 0. The van der Waals surface area contributed by atoms with E-state index in [4.69, 9.17) is 0 Å². The van der Waals surface area contributed by atoms with Crippen molar-refractivity contribution >= 4 is 7.26 Å². The van der Waals surface area contributed by atoms with Gasteiger partial charge in [0.25, 0.3) is 0 Å². The van der Waals surface area contributed by atoms with E-state index in [-0.39, 0.29) is 0 Å². The van der Waals surface area contributed by atoms with Crippen LogP contribution in [0.4, 0.5) is 0 Å². The molecule has 3 N–H and O–H groups in total. The first kappa shape index (κ1) is 27.3. The molecule has 0 saturated carbocycles. The molecule has 0 spiro atoms. The smallest absolute Gasteiger partial charge is 0.169 e. The van der Waals surface area contributed by atoms with E-state index < -0.39 is 24.8 Å². The first-order valence-electron chi connectivity index (χ1n) is 11.9. The van der Waals surface area contributed by atoms with Crippen LogP contribution < -0.4 is 0 Å². The monoisotopic (exact) mass is 405 g/mol. The molecule has 0 fully saturated rings. The summed E-state index contributed by atoms with van der Waals surface area (Å²) in [5, 5.41) is 32.0. The Hall–Kier alpha value is 0.310. The quantitative estimate of drug-likeness (QED) is 0.162. The van der Waals surface area contributed by atoms with Gasteiger partial charge in [0.15, 0.2) is 17.5 Å². The molecular weight excluding hydrogens is 355 g/mol. The van der Waals surface area contributed by atoms with Crippen molar-refractivity contribution in [2.24, 2.45) is 0 Å². The number of hydrogen-bond acceptors (Lipinski definition) is 3. The Balaban J connectivity index is 4.13. The average molecular weight is 406 g/mol. The van der Waals surface area contributed by atoms with Crippen LogP contribution in [-0.4, -0.2) is 39.0 Å². The molecule has 0 radical (unpaired) electrons. The highest BCUT2D eigenvalue weighted by Gasteiger charge is 2.54. The lowest BCUT2D eigenvalue weighted by Crippen LogP contribution is -2.34. The molecule has 0 heterocycles. The number of aliphatic hydroxyl groups excluding tert-OH is 3. The highest BCUT2D eigenvalue weighted by atomic mass is 31.2. The van der Waals surface area contributed by atoms with E-state index in [2.05, 4.69) is 6.92 Å². The molecular formula is C23H50O3P+. The van der Waals surface area contributed by atoms with Gasteiger partial charge in [-0.05, 0) is 12.8 Å². The summed E-state index contributed by atoms with van der Waals surface area (Å²) in [6, 6.07) is 0. The van der Waals surface area contributed by atoms with Crippen LogP contribution in [-0.2, 0) is 0 Å². The normalized spacial score (nSPS) is 17.4. The standard InChI is InChI=1S/C23H50O3P/c1-5-9-10-11-12-13-14-15-16-17-18-19-20-27(21(24)6-2,22(25)7-3)23(26)8-4/h21-26H,5-20H2,1-4H3/q+1. The molecule has 0 aliphatic rings. The zero-order chi connectivity index (χ0) is 20.5. The molecule has 4 heteroatoms. The number of aliphatic hydroxyl groups is 3. The third kappa shape index (κ3) is 10.1. The lowest BCUT2D eigenvalue weighted by Gasteiger charge is -2.38. The zero-order valence-electron chi connectivity index (χ0n) is 18.8. The maximum atomic E-state index is 10.7. The third-order valence-corrected chi connectivity index (χ3v) is 11.7. The molecule has 0 bridgehead atoms. The van der Waals surface area contributed by atoms with Crippen LogP contribution in [0.1, 0.15) is 124 Å². The highest BCUT2D eigenvalue weighted by Crippen LogP contribution is 2.71. The second kappa shape index (κ2) is 17.2. The first-order valence-corrected chi connectivity index (χ1v) is 14.1. The van der Waals surface area contributed by atoms with Crippen LogP contribution in [0.2, 0.25) is 0 Å². The van der Waals surface area contributed by atoms with E-state index in [1.165, 1.54) is 64.2 Å². The summed E-state index contributed by atoms with van der Waals surface area (Å²) in [5.74, 6) is -1.60. The SMILES string of the molecule is CCCCCCCCCCCCCC[P+](C(O)CC)(C(O)CC)C(O)CC. The molecule has 0 aromatic carbocycles. The Morgan fingerprint density at radius 2 is 0.778 bits per heavy atom. The van der Waals surface area contributed by atoms with Gasteiger partial charge in [-0.25, -0.2) is 0 Å². The van der Waals surface area contributed by atoms with Crippen LogP contribution in [0.3, 0.4) is 0 Å². The summed E-state index contributed by atoms with van der Waals surface area (Å²) >= 11 is 0. The van der Waals surface area contributed by atoms with Gasteiger partial charge in [0.2, 0.25) is 0 Å². The summed E-state index contributed by atoms with van der Waals surface area (Å²) in [5.41, 5.74) is 0. The molecule has 0 saturated heterocycles. The van der Waals surface area contributed by atoms with E-state index in [9.17, 15) is 15.3 Å². The Morgan fingerprint density at radius 1 is 0.481 bits per heavy atom. The second-order valence-electron chi connectivity index (χ2n) is 8.27. The Labute approximate surface area is 170 Å². The molecule has 3 atom stereocenters. The van der Waals surface area contributed by atoms with Gasteiger partial charge in [0.1, 0.15) is 7.26 Å². The fraction of sp³-hybridized carbons (Fsp3) is 1.00. The number of unbranched alkanes of at least 4 members (excludes halogenated alkanes) is 11. The highest BCUT2D eigenvalue weighted by molar-refractivity contribution is 7.77. The van der Waals surface area contributed by atoms with Gasteiger partial charge in [-0.1, -0.05) is 91.9 Å². The van der Waals surface area contributed by atoms with Crippen LogP contribution in [0.25, 0.3) is 0 Å². The molecule has 0 aromatic rings. The summed E-state index contributed by atoms with van der Waals surface area (Å²) in [4.78, 5) is 0. The Morgan fingerprint density at radius 3 is 1.07 bits per heavy atom. The molecule has 0 aromatic heterocycles. The molecule has 3 nitrogen and oxygen atoms in total. The van der Waals surface area contributed by atoms with Crippen LogP contribution in [0.5, 0.6) is 0 Å². The Bertz CT molecular complexity index is 298. The minimum Gasteiger partial charge on any atom is -0.359 e. The molecule has 0 aliphatic carbocycles. The van der Waals surface area contributed by atoms with Crippen molar-refractivity contribution in [3.63, 3.8) is 0 Å². The van der Waals surface area contributed by atoms with Crippen LogP contribution in [0, 0.1) is 0 Å². The van der Waals surface area contributed by atoms with Crippen molar-refractivity contribution < 1.29 is 15.3 Å². The lowest BCUT2D eigenvalue weighted by molar-refractivity contribution is 0.178. The molecule has 0 aliphatic heterocycles. The van der Waals surface area contributed by atoms with E-state index in [0.717, 1.165) is 19.0 Å². The largest absolute Gasteiger partial charge is 0.359 e. The van der Waals surface area contributed by atoms with Gasteiger partial charge < -0.3 is 15.3 Å². The van der Waals surface area contributed by atoms with Gasteiger partial charge >= 0.3 is 0 Å². The van der Waals surface area contributed by atoms with Crippen LogP contribution in [0.15, 0.2) is 0 Å². The van der Waals surface area contributed by atoms with Gasteiger partial charge in [-0.15, -0.1) is 0 Å². The maximum Gasteiger partial charge on any atom is 0.169 e. The molecule has 0 rings (SSSR count). The van der Waals surface area contributed by atoms with Gasteiger partial charge in [0.05, 0.1) is 6.16 Å². The fourth-order valence-electron chi connectivity index (χ4n) is 4.29. The van der Waals surface area contributed by atoms with Crippen molar-refractivity contribution in [1.82, 2.24) is 0 Å². The first-order chi connectivity index (χ1) is 13.0. The van der Waals surface area contributed by atoms with Crippen molar-refractivity contribution in [3.8, 4) is 0 Å². The lowest BCUT2D eigenvalue weighted by atomic mass is 10.1. The average Bonchev–Trinajstić information content (AvgIpc) is 2.70. The van der Waals surface area contributed by atoms with E-state index in [1.54, 1.807) is 0 Å². The van der Waals surface area contributed by atoms with Gasteiger partial charge in [-0.3, -0.25) is 0 Å². The van der Waals surface area contributed by atoms with E-state index in [1.807, 2.05) is 20.8 Å². The van der Waals surface area contributed by atoms with Crippen molar-refractivity contribution in [2.45, 2.75) is 142 Å². The Kier molecular flexibility index (Phi) is 17.4. The van der Waals surface area contributed by atoms with Gasteiger partial charge in [-0.2, -0.15) is 0 Å². The minimum absolute atomic E-state index is 0.532. The molecule has 0 amide bonds. The van der Waals surface area contributed by atoms with E-state index in [0.29, 0.717) is 19.3 Å². The predicted octanol–water partition coefficient (Wildman–Crippen LogP) is 6.89. The summed E-state index contributed by atoms with van der Waals surface area (Å²) in [7, 11) is -2.18. The minimum atomic E-state index is -2.18. The van der Waals surface area contributed by atoms with Crippen molar-refractivity contribution in [1.29, 1.82) is 0 Å². The second-order valence-corrected chi connectivity index (χ2v) is 12.5. The predicted molar refractivity (Wildman–Crippen MR) is 122 cm³/mol. The fourth-order valence-corrected chi connectivity index (χ4v) is 9.19. The maximum absolute atomic E-state index is 10.7. The topological polar surface area (TPSA) is 60.7 Å². The number of rotatable bonds is 19. The molecule has 3 unspecified atom stereocenters. The number of hydrogen-bond donors (Lipinski definition) is 3. The summed E-state index contributed by atoms with van der Waals surface area (Å²) in [6.07, 6.45) is 18.4. The van der Waals surface area contributed by atoms with Crippen LogP contribution >= 0.6 is 7.26 Å². The van der Waals surface area contributed by atoms with Crippen molar-refractivity contribution in [3.05, 3.63) is 0 Å². The van der Waals surface area contributed by atoms with Crippen molar-refractivity contribution in [2.75, 3.05) is 6.16 Å². The molecule has 27 heavy (non-hydrogen) atoms. The summed E-state index contributed by atoms with van der Waals surface area (Å²) in [6.45, 7) is 8.16. The van der Waals surface area contributed by atoms with E-state index >= 15 is 0 Å².